The van der Waals surface area contributed by atoms with Gasteiger partial charge in [-0.2, -0.15) is 0 Å². The van der Waals surface area contributed by atoms with Gasteiger partial charge in [-0.25, -0.2) is 4.79 Å². The third kappa shape index (κ3) is 5.18. The van der Waals surface area contributed by atoms with Gasteiger partial charge in [0, 0.05) is 31.7 Å². The molecule has 0 saturated heterocycles. The van der Waals surface area contributed by atoms with Gasteiger partial charge < -0.3 is 19.7 Å². The Balaban J connectivity index is 1.87. The molecule has 2 amide bonds. The Morgan fingerprint density at radius 1 is 1.06 bits per heavy atom. The van der Waals surface area contributed by atoms with Crippen LogP contribution < -0.4 is 14.8 Å². The Hall–Kier alpha value is -2.73. The van der Waals surface area contributed by atoms with Crippen LogP contribution in [0.5, 0.6) is 11.5 Å². The summed E-state index contributed by atoms with van der Waals surface area (Å²) in [6.45, 7) is 10.9. The Bertz CT molecular complexity index is 891. The van der Waals surface area contributed by atoms with E-state index in [0.717, 1.165) is 29.8 Å². The van der Waals surface area contributed by atoms with E-state index in [-0.39, 0.29) is 12.1 Å². The standard InChI is InChI=1S/C26H37N3O3/c1-18(2)28(19(3)4)15-13-27-26(30)29-14-12-21-16-23(31-5)24(32-6)17-22(21)25(29)20-10-8-7-9-11-20/h7-11,16-19,25H,12-15H2,1-6H3,(H,27,30). The Morgan fingerprint density at radius 3 is 2.28 bits per heavy atom. The molecule has 1 N–H and O–H groups in total. The maximum atomic E-state index is 13.3. The Morgan fingerprint density at radius 2 is 1.69 bits per heavy atom. The molecular weight excluding hydrogens is 402 g/mol. The highest BCUT2D eigenvalue weighted by Gasteiger charge is 2.33. The predicted molar refractivity (Wildman–Crippen MR) is 129 cm³/mol. The number of hydrogen-bond donors (Lipinski definition) is 1. The number of hydrogen-bond acceptors (Lipinski definition) is 4. The number of urea groups is 1. The van der Waals surface area contributed by atoms with Crippen LogP contribution in [0.25, 0.3) is 0 Å². The highest BCUT2D eigenvalue weighted by Crippen LogP contribution is 2.40. The minimum Gasteiger partial charge on any atom is -0.493 e. The fraction of sp³-hybridized carbons (Fsp3) is 0.500. The molecule has 0 aromatic heterocycles. The summed E-state index contributed by atoms with van der Waals surface area (Å²) in [5.41, 5.74) is 3.36. The quantitative estimate of drug-likeness (QED) is 0.659. The van der Waals surface area contributed by atoms with Crippen LogP contribution in [0, 0.1) is 0 Å². The molecular formula is C26H37N3O3. The fourth-order valence-corrected chi connectivity index (χ4v) is 4.67. The Kier molecular flexibility index (Phi) is 8.02. The van der Waals surface area contributed by atoms with Crippen LogP contribution >= 0.6 is 0 Å². The lowest BCUT2D eigenvalue weighted by Gasteiger charge is -2.38. The van der Waals surface area contributed by atoms with Crippen molar-refractivity contribution in [1.82, 2.24) is 15.1 Å². The molecule has 0 spiro atoms. The monoisotopic (exact) mass is 439 g/mol. The number of nitrogens with one attached hydrogen (secondary N) is 1. The third-order valence-electron chi connectivity index (χ3n) is 6.22. The average molecular weight is 440 g/mol. The zero-order valence-electron chi connectivity index (χ0n) is 20.2. The first-order chi connectivity index (χ1) is 15.4. The van der Waals surface area contributed by atoms with Crippen molar-refractivity contribution in [3.8, 4) is 11.5 Å². The van der Waals surface area contributed by atoms with E-state index in [1.807, 2.05) is 35.2 Å². The molecule has 6 nitrogen and oxygen atoms in total. The second-order valence-electron chi connectivity index (χ2n) is 8.82. The van der Waals surface area contributed by atoms with Crippen LogP contribution in [0.4, 0.5) is 4.79 Å². The minimum atomic E-state index is -0.175. The second-order valence-corrected chi connectivity index (χ2v) is 8.82. The van der Waals surface area contributed by atoms with E-state index in [2.05, 4.69) is 50.0 Å². The Labute approximate surface area is 192 Å². The SMILES string of the molecule is COc1cc2c(cc1OC)C(c1ccccc1)N(C(=O)NCCN(C(C)C)C(C)C)CC2. The number of carbonyl (C=O) groups excluding carboxylic acids is 1. The molecule has 0 saturated carbocycles. The summed E-state index contributed by atoms with van der Waals surface area (Å²) >= 11 is 0. The average Bonchev–Trinajstić information content (AvgIpc) is 2.79. The highest BCUT2D eigenvalue weighted by atomic mass is 16.5. The van der Waals surface area contributed by atoms with Crippen molar-refractivity contribution >= 4 is 6.03 Å². The zero-order chi connectivity index (χ0) is 23.3. The molecule has 1 heterocycles. The normalized spacial score (nSPS) is 15.8. The number of fused-ring (bicyclic) bond motifs is 1. The molecule has 3 rings (SSSR count). The predicted octanol–water partition coefficient (Wildman–Crippen LogP) is 4.48. The van der Waals surface area contributed by atoms with Crippen molar-refractivity contribution in [2.75, 3.05) is 33.9 Å². The fourth-order valence-electron chi connectivity index (χ4n) is 4.67. The second kappa shape index (κ2) is 10.7. The van der Waals surface area contributed by atoms with Gasteiger partial charge in [0.05, 0.1) is 20.3 Å². The van der Waals surface area contributed by atoms with E-state index >= 15 is 0 Å². The van der Waals surface area contributed by atoms with Crippen molar-refractivity contribution in [3.63, 3.8) is 0 Å². The van der Waals surface area contributed by atoms with E-state index in [0.29, 0.717) is 30.9 Å². The van der Waals surface area contributed by atoms with E-state index in [9.17, 15) is 4.79 Å². The molecule has 2 aromatic rings. The summed E-state index contributed by atoms with van der Waals surface area (Å²) in [7, 11) is 3.30. The lowest BCUT2D eigenvalue weighted by molar-refractivity contribution is 0.162. The maximum absolute atomic E-state index is 13.3. The van der Waals surface area contributed by atoms with Crippen molar-refractivity contribution in [2.45, 2.75) is 52.2 Å². The third-order valence-corrected chi connectivity index (χ3v) is 6.22. The molecule has 174 valence electrons. The van der Waals surface area contributed by atoms with Gasteiger partial charge in [-0.15, -0.1) is 0 Å². The summed E-state index contributed by atoms with van der Waals surface area (Å²) in [5, 5.41) is 3.16. The molecule has 1 unspecified atom stereocenters. The lowest BCUT2D eigenvalue weighted by Crippen LogP contribution is -2.49. The molecule has 6 heteroatoms. The zero-order valence-corrected chi connectivity index (χ0v) is 20.2. The first-order valence-corrected chi connectivity index (χ1v) is 11.5. The van der Waals surface area contributed by atoms with Crippen LogP contribution in [0.15, 0.2) is 42.5 Å². The van der Waals surface area contributed by atoms with Crippen LogP contribution in [0.3, 0.4) is 0 Å². The maximum Gasteiger partial charge on any atom is 0.318 e. The van der Waals surface area contributed by atoms with Crippen molar-refractivity contribution in [3.05, 3.63) is 59.2 Å². The summed E-state index contributed by atoms with van der Waals surface area (Å²) in [4.78, 5) is 17.7. The first-order valence-electron chi connectivity index (χ1n) is 11.5. The summed E-state index contributed by atoms with van der Waals surface area (Å²) < 4.78 is 11.1. The number of methoxy groups -OCH3 is 2. The van der Waals surface area contributed by atoms with Crippen molar-refractivity contribution in [1.29, 1.82) is 0 Å². The van der Waals surface area contributed by atoms with Gasteiger partial charge in [0.15, 0.2) is 11.5 Å². The molecule has 1 aliphatic rings. The van der Waals surface area contributed by atoms with Crippen molar-refractivity contribution < 1.29 is 14.3 Å². The number of benzene rings is 2. The molecule has 0 bridgehead atoms. The molecule has 2 aromatic carbocycles. The topological polar surface area (TPSA) is 54.0 Å². The highest BCUT2D eigenvalue weighted by molar-refractivity contribution is 5.76. The molecule has 32 heavy (non-hydrogen) atoms. The lowest BCUT2D eigenvalue weighted by atomic mass is 9.88. The number of ether oxygens (including phenoxy) is 2. The van der Waals surface area contributed by atoms with Crippen LogP contribution in [0.1, 0.15) is 50.4 Å². The van der Waals surface area contributed by atoms with E-state index in [4.69, 9.17) is 9.47 Å². The molecule has 0 fully saturated rings. The van der Waals surface area contributed by atoms with E-state index in [1.54, 1.807) is 14.2 Å². The van der Waals surface area contributed by atoms with Crippen LogP contribution in [-0.2, 0) is 6.42 Å². The largest absolute Gasteiger partial charge is 0.493 e. The molecule has 1 atom stereocenters. The van der Waals surface area contributed by atoms with Gasteiger partial charge in [-0.3, -0.25) is 4.90 Å². The van der Waals surface area contributed by atoms with E-state index in [1.165, 1.54) is 5.56 Å². The van der Waals surface area contributed by atoms with Gasteiger partial charge in [-0.1, -0.05) is 30.3 Å². The van der Waals surface area contributed by atoms with E-state index < -0.39 is 0 Å². The number of amides is 2. The summed E-state index contributed by atoms with van der Waals surface area (Å²) in [6, 6.07) is 14.9. The van der Waals surface area contributed by atoms with Gasteiger partial charge in [0.1, 0.15) is 0 Å². The van der Waals surface area contributed by atoms with Crippen LogP contribution in [0.2, 0.25) is 0 Å². The number of carbonyl (C=O) groups is 1. The van der Waals surface area contributed by atoms with Gasteiger partial charge in [0.2, 0.25) is 0 Å². The molecule has 0 aliphatic carbocycles. The smallest absolute Gasteiger partial charge is 0.318 e. The number of nitrogens with zero attached hydrogens (tertiary/aromatic N) is 2. The summed E-state index contributed by atoms with van der Waals surface area (Å²) in [6.07, 6.45) is 0.774. The van der Waals surface area contributed by atoms with Crippen molar-refractivity contribution in [2.24, 2.45) is 0 Å². The number of rotatable bonds is 8. The van der Waals surface area contributed by atoms with Gasteiger partial charge in [0.25, 0.3) is 0 Å². The molecule has 1 aliphatic heterocycles. The molecule has 0 radical (unpaired) electrons. The van der Waals surface area contributed by atoms with Gasteiger partial charge >= 0.3 is 6.03 Å². The van der Waals surface area contributed by atoms with Gasteiger partial charge in [-0.05, 0) is 62.9 Å². The minimum absolute atomic E-state index is 0.0354. The van der Waals surface area contributed by atoms with Crippen LogP contribution in [-0.4, -0.2) is 61.8 Å². The first kappa shape index (κ1) is 23.9. The summed E-state index contributed by atoms with van der Waals surface area (Å²) in [5.74, 6) is 1.40.